The van der Waals surface area contributed by atoms with Crippen molar-refractivity contribution in [3.05, 3.63) is 12.7 Å². The van der Waals surface area contributed by atoms with Gasteiger partial charge in [-0.15, -0.1) is 0 Å². The zero-order valence-electron chi connectivity index (χ0n) is 5.97. The third kappa shape index (κ3) is 7.15. The number of morpholine rings is 1. The fraction of sp³-hybridized carbons (Fsp3) is 0.571. The van der Waals surface area contributed by atoms with E-state index in [0.717, 1.165) is 26.3 Å². The van der Waals surface area contributed by atoms with Crippen molar-refractivity contribution in [2.45, 2.75) is 0 Å². The van der Waals surface area contributed by atoms with E-state index in [2.05, 4.69) is 11.9 Å². The largest absolute Gasteiger partial charge is 0.379 e. The molecule has 0 saturated carbocycles. The van der Waals surface area contributed by atoms with Crippen molar-refractivity contribution in [1.82, 2.24) is 5.32 Å². The van der Waals surface area contributed by atoms with Crippen LogP contribution in [0, 0.1) is 11.3 Å². The molecule has 1 heterocycles. The van der Waals surface area contributed by atoms with E-state index in [1.54, 1.807) is 6.07 Å². The molecule has 1 saturated heterocycles. The van der Waals surface area contributed by atoms with Gasteiger partial charge in [-0.05, 0) is 0 Å². The molecule has 10 heavy (non-hydrogen) atoms. The maximum absolute atomic E-state index is 7.51. The minimum absolute atomic E-state index is 0.889. The molecule has 0 aromatic rings. The van der Waals surface area contributed by atoms with Crippen LogP contribution in [0.4, 0.5) is 0 Å². The second-order valence-corrected chi connectivity index (χ2v) is 1.70. The summed E-state index contributed by atoms with van der Waals surface area (Å²) in [7, 11) is 0. The predicted molar refractivity (Wildman–Crippen MR) is 39.5 cm³/mol. The summed E-state index contributed by atoms with van der Waals surface area (Å²) in [6, 6.07) is 1.69. The van der Waals surface area contributed by atoms with Crippen molar-refractivity contribution in [3.63, 3.8) is 0 Å². The van der Waals surface area contributed by atoms with Crippen molar-refractivity contribution < 1.29 is 4.74 Å². The van der Waals surface area contributed by atoms with Crippen LogP contribution in [0.15, 0.2) is 12.7 Å². The van der Waals surface area contributed by atoms with Gasteiger partial charge in [0.05, 0.1) is 19.3 Å². The lowest BCUT2D eigenvalue weighted by Gasteiger charge is -2.10. The molecule has 0 aromatic heterocycles. The molecule has 1 aliphatic rings. The average molecular weight is 140 g/mol. The zero-order valence-corrected chi connectivity index (χ0v) is 5.97. The molecule has 0 aromatic carbocycles. The van der Waals surface area contributed by atoms with E-state index >= 15 is 0 Å². The Balaban J connectivity index is 0.000000180. The highest BCUT2D eigenvalue weighted by molar-refractivity contribution is 4.93. The molecule has 1 N–H and O–H groups in total. The van der Waals surface area contributed by atoms with Crippen LogP contribution >= 0.6 is 0 Å². The van der Waals surface area contributed by atoms with Gasteiger partial charge in [0.1, 0.15) is 0 Å². The van der Waals surface area contributed by atoms with E-state index in [0.29, 0.717) is 0 Å². The van der Waals surface area contributed by atoms with Gasteiger partial charge in [-0.3, -0.25) is 0 Å². The summed E-state index contributed by atoms with van der Waals surface area (Å²) in [5.74, 6) is 0. The number of rotatable bonds is 0. The molecular weight excluding hydrogens is 128 g/mol. The van der Waals surface area contributed by atoms with Crippen molar-refractivity contribution in [1.29, 1.82) is 5.26 Å². The Morgan fingerprint density at radius 3 is 2.10 bits per heavy atom. The number of allylic oxidation sites excluding steroid dienone is 1. The van der Waals surface area contributed by atoms with E-state index < -0.39 is 0 Å². The summed E-state index contributed by atoms with van der Waals surface area (Å²) < 4.78 is 5.01. The second kappa shape index (κ2) is 8.15. The van der Waals surface area contributed by atoms with Crippen LogP contribution in [0.1, 0.15) is 0 Å². The molecule has 3 nitrogen and oxygen atoms in total. The molecule has 1 rings (SSSR count). The van der Waals surface area contributed by atoms with Crippen LogP contribution in [0.5, 0.6) is 0 Å². The van der Waals surface area contributed by atoms with Crippen LogP contribution in [-0.2, 0) is 4.74 Å². The molecule has 3 heteroatoms. The maximum atomic E-state index is 7.51. The Morgan fingerprint density at radius 2 is 2.00 bits per heavy atom. The highest BCUT2D eigenvalue weighted by Crippen LogP contribution is 1.76. The lowest BCUT2D eigenvalue weighted by atomic mass is 10.5. The van der Waals surface area contributed by atoms with Crippen LogP contribution in [-0.4, -0.2) is 26.3 Å². The van der Waals surface area contributed by atoms with Gasteiger partial charge in [-0.1, -0.05) is 6.58 Å². The third-order valence-corrected chi connectivity index (χ3v) is 0.938. The Bertz CT molecular complexity index is 102. The number of nitrogens with zero attached hydrogens (tertiary/aromatic N) is 1. The first-order chi connectivity index (χ1) is 4.91. The van der Waals surface area contributed by atoms with Gasteiger partial charge in [0, 0.05) is 19.2 Å². The second-order valence-electron chi connectivity index (χ2n) is 1.70. The van der Waals surface area contributed by atoms with Crippen LogP contribution in [0.25, 0.3) is 0 Å². The predicted octanol–water partition coefficient (Wildman–Crippen LogP) is 0.302. The highest BCUT2D eigenvalue weighted by atomic mass is 16.5. The van der Waals surface area contributed by atoms with Crippen LogP contribution in [0.2, 0.25) is 0 Å². The molecule has 56 valence electrons. The Labute approximate surface area is 61.3 Å². The van der Waals surface area contributed by atoms with Crippen molar-refractivity contribution in [2.75, 3.05) is 26.3 Å². The first kappa shape index (κ1) is 9.15. The van der Waals surface area contributed by atoms with Gasteiger partial charge in [0.15, 0.2) is 0 Å². The van der Waals surface area contributed by atoms with E-state index in [-0.39, 0.29) is 0 Å². The minimum Gasteiger partial charge on any atom is -0.379 e. The van der Waals surface area contributed by atoms with Gasteiger partial charge in [0.25, 0.3) is 0 Å². The Morgan fingerprint density at radius 1 is 1.50 bits per heavy atom. The fourth-order valence-corrected chi connectivity index (χ4v) is 0.516. The maximum Gasteiger partial charge on any atom is 0.0905 e. The number of ether oxygens (including phenoxy) is 1. The standard InChI is InChI=1S/C4H9NO.C3H3N/c1-3-6-4-2-5-1;1-2-3-4/h5H,1-4H2;2H,1H2. The quantitative estimate of drug-likeness (QED) is 0.492. The molecule has 1 fully saturated rings. The van der Waals surface area contributed by atoms with Gasteiger partial charge in [0.2, 0.25) is 0 Å². The number of nitrogens with one attached hydrogen (secondary N) is 1. The lowest BCUT2D eigenvalue weighted by molar-refractivity contribution is 0.109. The molecule has 0 atom stereocenters. The van der Waals surface area contributed by atoms with Crippen molar-refractivity contribution >= 4 is 0 Å². The summed E-state index contributed by atoms with van der Waals surface area (Å²) in [5, 5.41) is 10.7. The summed E-state index contributed by atoms with van der Waals surface area (Å²) in [4.78, 5) is 0. The van der Waals surface area contributed by atoms with Gasteiger partial charge in [-0.25, -0.2) is 0 Å². The smallest absolute Gasteiger partial charge is 0.0905 e. The fourth-order valence-electron chi connectivity index (χ4n) is 0.516. The highest BCUT2D eigenvalue weighted by Gasteiger charge is 1.92. The molecule has 0 spiro atoms. The van der Waals surface area contributed by atoms with Crippen molar-refractivity contribution in [2.24, 2.45) is 0 Å². The van der Waals surface area contributed by atoms with E-state index in [1.165, 1.54) is 6.08 Å². The van der Waals surface area contributed by atoms with Crippen molar-refractivity contribution in [3.8, 4) is 6.07 Å². The molecule has 0 unspecified atom stereocenters. The molecular formula is C7H12N2O. The Hall–Kier alpha value is -0.850. The molecule has 0 amide bonds. The normalized spacial score (nSPS) is 15.9. The first-order valence-corrected chi connectivity index (χ1v) is 3.20. The number of hydrogen-bond donors (Lipinski definition) is 1. The third-order valence-electron chi connectivity index (χ3n) is 0.938. The molecule has 1 aliphatic heterocycles. The molecule has 0 radical (unpaired) electrons. The van der Waals surface area contributed by atoms with E-state index in [9.17, 15) is 0 Å². The first-order valence-electron chi connectivity index (χ1n) is 3.20. The molecule has 0 aliphatic carbocycles. The number of nitriles is 1. The van der Waals surface area contributed by atoms with Gasteiger partial charge in [-0.2, -0.15) is 5.26 Å². The monoisotopic (exact) mass is 140 g/mol. The van der Waals surface area contributed by atoms with Crippen LogP contribution in [0.3, 0.4) is 0 Å². The van der Waals surface area contributed by atoms with E-state index in [4.69, 9.17) is 10.00 Å². The van der Waals surface area contributed by atoms with Crippen LogP contribution < -0.4 is 5.32 Å². The zero-order chi connectivity index (χ0) is 7.66. The number of hydrogen-bond acceptors (Lipinski definition) is 3. The summed E-state index contributed by atoms with van der Waals surface area (Å²) in [5.41, 5.74) is 0. The lowest BCUT2D eigenvalue weighted by Crippen LogP contribution is -2.30. The summed E-state index contributed by atoms with van der Waals surface area (Å²) >= 11 is 0. The topological polar surface area (TPSA) is 45.0 Å². The Kier molecular flexibility index (Phi) is 7.46. The van der Waals surface area contributed by atoms with Gasteiger partial charge >= 0.3 is 0 Å². The summed E-state index contributed by atoms with van der Waals surface area (Å²) in [6.07, 6.45) is 1.18. The average Bonchev–Trinajstić information content (AvgIpc) is 2.08. The van der Waals surface area contributed by atoms with Gasteiger partial charge < -0.3 is 10.1 Å². The molecule has 0 bridgehead atoms. The SMILES string of the molecule is C1COCCN1.C=CC#N. The minimum atomic E-state index is 0.889. The summed E-state index contributed by atoms with van der Waals surface area (Å²) in [6.45, 7) is 6.95. The van der Waals surface area contributed by atoms with E-state index in [1.807, 2.05) is 0 Å².